The normalized spacial score (nSPS) is 11.3. The summed E-state index contributed by atoms with van der Waals surface area (Å²) in [5.74, 6) is 0.719. The molecule has 2 aromatic carbocycles. The first kappa shape index (κ1) is 12.8. The average molecular weight is 264 g/mol. The Morgan fingerprint density at radius 1 is 1.00 bits per heavy atom. The Morgan fingerprint density at radius 2 is 1.61 bits per heavy atom. The zero-order chi connectivity index (χ0) is 13.2. The summed E-state index contributed by atoms with van der Waals surface area (Å²) >= 11 is 0. The summed E-state index contributed by atoms with van der Waals surface area (Å²) < 4.78 is 16.8. The highest BCUT2D eigenvalue weighted by molar-refractivity contribution is 7.60. The van der Waals surface area contributed by atoms with E-state index < -0.39 is 7.60 Å². The Kier molecular flexibility index (Phi) is 3.53. The summed E-state index contributed by atoms with van der Waals surface area (Å²) in [4.78, 5) is 18.4. The van der Waals surface area contributed by atoms with E-state index in [1.165, 1.54) is 12.1 Å². The molecular weight excluding hydrogens is 251 g/mol. The molecule has 0 saturated heterocycles. The lowest BCUT2D eigenvalue weighted by molar-refractivity contribution is 0.385. The van der Waals surface area contributed by atoms with Gasteiger partial charge in [0.2, 0.25) is 0 Å². The highest BCUT2D eigenvalue weighted by Crippen LogP contribution is 2.38. The van der Waals surface area contributed by atoms with Crippen molar-refractivity contribution >= 4 is 12.9 Å². The molecule has 0 heterocycles. The van der Waals surface area contributed by atoms with Gasteiger partial charge in [0, 0.05) is 0 Å². The highest BCUT2D eigenvalue weighted by Gasteiger charge is 2.22. The first-order chi connectivity index (χ1) is 8.47. The average Bonchev–Trinajstić information content (AvgIpc) is 2.31. The highest BCUT2D eigenvalue weighted by atomic mass is 31.2. The minimum atomic E-state index is -4.33. The van der Waals surface area contributed by atoms with Crippen LogP contribution < -0.4 is 10.0 Å². The van der Waals surface area contributed by atoms with Crippen LogP contribution in [-0.4, -0.2) is 9.79 Å². The van der Waals surface area contributed by atoms with Gasteiger partial charge in [-0.2, -0.15) is 0 Å². The third-order valence-corrected chi connectivity index (χ3v) is 3.42. The summed E-state index contributed by atoms with van der Waals surface area (Å²) in [5, 5.41) is -0.106. The molecule has 0 spiro atoms. The number of benzene rings is 2. The molecular formula is C13H13O4P. The summed E-state index contributed by atoms with van der Waals surface area (Å²) in [6.45, 7) is 1.95. The molecule has 4 nitrogen and oxygen atoms in total. The monoisotopic (exact) mass is 264 g/mol. The number of rotatable bonds is 3. The second-order valence-electron chi connectivity index (χ2n) is 3.93. The van der Waals surface area contributed by atoms with Gasteiger partial charge >= 0.3 is 7.60 Å². The van der Waals surface area contributed by atoms with Crippen molar-refractivity contribution in [2.75, 3.05) is 0 Å². The summed E-state index contributed by atoms with van der Waals surface area (Å²) in [7, 11) is -4.33. The quantitative estimate of drug-likeness (QED) is 0.836. The van der Waals surface area contributed by atoms with Gasteiger partial charge in [-0.1, -0.05) is 29.8 Å². The fourth-order valence-corrected chi connectivity index (χ4v) is 2.20. The molecule has 0 fully saturated rings. The van der Waals surface area contributed by atoms with Crippen LogP contribution in [0.15, 0.2) is 48.5 Å². The van der Waals surface area contributed by atoms with E-state index in [1.54, 1.807) is 24.3 Å². The summed E-state index contributed by atoms with van der Waals surface area (Å²) in [6, 6.07) is 13.4. The van der Waals surface area contributed by atoms with E-state index in [-0.39, 0.29) is 11.1 Å². The fourth-order valence-electron chi connectivity index (χ4n) is 1.52. The van der Waals surface area contributed by atoms with Crippen molar-refractivity contribution in [1.82, 2.24) is 0 Å². The standard InChI is InChI=1S/C13H13O4P/c1-10-6-8-11(9-7-10)17-12-4-2-3-5-13(12)18(14,15)16/h2-9H,1H3,(H2,14,15,16). The largest absolute Gasteiger partial charge is 0.456 e. The molecule has 0 radical (unpaired) electrons. The Labute approximate surface area is 105 Å². The molecule has 0 atom stereocenters. The van der Waals surface area contributed by atoms with Crippen molar-refractivity contribution in [3.63, 3.8) is 0 Å². The molecule has 0 unspecified atom stereocenters. The molecule has 2 rings (SSSR count). The Morgan fingerprint density at radius 3 is 2.22 bits per heavy atom. The Balaban J connectivity index is 2.35. The lowest BCUT2D eigenvalue weighted by Gasteiger charge is -2.11. The van der Waals surface area contributed by atoms with Crippen molar-refractivity contribution in [3.05, 3.63) is 54.1 Å². The molecule has 94 valence electrons. The van der Waals surface area contributed by atoms with Gasteiger partial charge in [0.1, 0.15) is 16.8 Å². The Hall–Kier alpha value is -1.61. The summed E-state index contributed by atoms with van der Waals surface area (Å²) in [6.07, 6.45) is 0. The lowest BCUT2D eigenvalue weighted by Crippen LogP contribution is -2.07. The number of ether oxygens (including phenoxy) is 1. The maximum atomic E-state index is 11.3. The first-order valence-electron chi connectivity index (χ1n) is 5.36. The van der Waals surface area contributed by atoms with Gasteiger partial charge in [-0.3, -0.25) is 4.57 Å². The van der Waals surface area contributed by atoms with E-state index in [2.05, 4.69) is 0 Å². The van der Waals surface area contributed by atoms with E-state index in [9.17, 15) is 14.4 Å². The molecule has 2 aromatic rings. The van der Waals surface area contributed by atoms with E-state index in [0.717, 1.165) is 5.56 Å². The van der Waals surface area contributed by atoms with Crippen LogP contribution in [-0.2, 0) is 4.57 Å². The zero-order valence-corrected chi connectivity index (χ0v) is 10.7. The SMILES string of the molecule is Cc1ccc(Oc2ccccc2P(=O)(O)O)cc1. The minimum Gasteiger partial charge on any atom is -0.456 e. The molecule has 0 aliphatic rings. The van der Waals surface area contributed by atoms with Crippen LogP contribution in [0.3, 0.4) is 0 Å². The maximum absolute atomic E-state index is 11.3. The minimum absolute atomic E-state index is 0.106. The zero-order valence-electron chi connectivity index (χ0n) is 9.78. The molecule has 5 heteroatoms. The predicted molar refractivity (Wildman–Crippen MR) is 69.4 cm³/mol. The van der Waals surface area contributed by atoms with Crippen LogP contribution in [0.5, 0.6) is 11.5 Å². The van der Waals surface area contributed by atoms with Crippen LogP contribution in [0, 0.1) is 6.92 Å². The van der Waals surface area contributed by atoms with E-state index in [0.29, 0.717) is 5.75 Å². The van der Waals surface area contributed by atoms with Crippen molar-refractivity contribution in [3.8, 4) is 11.5 Å². The molecule has 0 amide bonds. The van der Waals surface area contributed by atoms with Gasteiger partial charge in [-0.15, -0.1) is 0 Å². The second kappa shape index (κ2) is 4.94. The van der Waals surface area contributed by atoms with Crippen molar-refractivity contribution in [2.45, 2.75) is 6.92 Å². The number of aryl methyl sites for hydroxylation is 1. The Bertz CT molecular complexity index is 586. The molecule has 0 aliphatic heterocycles. The smallest absolute Gasteiger partial charge is 0.359 e. The van der Waals surface area contributed by atoms with E-state index in [4.69, 9.17) is 4.74 Å². The van der Waals surface area contributed by atoms with Gasteiger partial charge in [0.15, 0.2) is 0 Å². The third kappa shape index (κ3) is 2.99. The molecule has 0 bridgehead atoms. The topological polar surface area (TPSA) is 66.8 Å². The van der Waals surface area contributed by atoms with Gasteiger partial charge in [0.05, 0.1) is 0 Å². The van der Waals surface area contributed by atoms with Gasteiger partial charge in [0.25, 0.3) is 0 Å². The van der Waals surface area contributed by atoms with Crippen molar-refractivity contribution in [2.24, 2.45) is 0 Å². The van der Waals surface area contributed by atoms with Crippen molar-refractivity contribution < 1.29 is 19.1 Å². The van der Waals surface area contributed by atoms with Gasteiger partial charge in [-0.05, 0) is 31.2 Å². The number of hydrogen-bond acceptors (Lipinski definition) is 2. The van der Waals surface area contributed by atoms with Crippen LogP contribution in [0.25, 0.3) is 0 Å². The first-order valence-corrected chi connectivity index (χ1v) is 6.98. The number of hydrogen-bond donors (Lipinski definition) is 2. The summed E-state index contributed by atoms with van der Waals surface area (Å²) in [5.41, 5.74) is 1.09. The predicted octanol–water partition coefficient (Wildman–Crippen LogP) is 2.59. The number of para-hydroxylation sites is 1. The van der Waals surface area contributed by atoms with Crippen LogP contribution in [0.1, 0.15) is 5.56 Å². The molecule has 18 heavy (non-hydrogen) atoms. The third-order valence-electron chi connectivity index (χ3n) is 2.43. The van der Waals surface area contributed by atoms with Crippen LogP contribution in [0.4, 0.5) is 0 Å². The second-order valence-corrected chi connectivity index (χ2v) is 5.50. The maximum Gasteiger partial charge on any atom is 0.359 e. The molecule has 0 aliphatic carbocycles. The van der Waals surface area contributed by atoms with E-state index in [1.807, 2.05) is 19.1 Å². The molecule has 0 saturated carbocycles. The van der Waals surface area contributed by atoms with Crippen molar-refractivity contribution in [1.29, 1.82) is 0 Å². The molecule has 2 N–H and O–H groups in total. The fraction of sp³-hybridized carbons (Fsp3) is 0.0769. The van der Waals surface area contributed by atoms with Crippen LogP contribution in [0.2, 0.25) is 0 Å². The lowest BCUT2D eigenvalue weighted by atomic mass is 10.2. The van der Waals surface area contributed by atoms with Gasteiger partial charge in [-0.25, -0.2) is 0 Å². The van der Waals surface area contributed by atoms with E-state index >= 15 is 0 Å². The molecule has 0 aromatic heterocycles. The van der Waals surface area contributed by atoms with Crippen LogP contribution >= 0.6 is 7.60 Å². The van der Waals surface area contributed by atoms with Gasteiger partial charge < -0.3 is 14.5 Å².